The number of aryl methyl sites for hydroxylation is 1. The van der Waals surface area contributed by atoms with Gasteiger partial charge >= 0.3 is 6.18 Å². The van der Waals surface area contributed by atoms with Gasteiger partial charge in [-0.15, -0.1) is 0 Å². The fourth-order valence-corrected chi connectivity index (χ4v) is 1.91. The maximum Gasteiger partial charge on any atom is 0.416 e. The molecule has 3 rings (SSSR count). The van der Waals surface area contributed by atoms with E-state index < -0.39 is 11.7 Å². The van der Waals surface area contributed by atoms with Gasteiger partial charge in [-0.1, -0.05) is 5.16 Å². The third-order valence-electron chi connectivity index (χ3n) is 2.91. The Hall–Kier alpha value is -2.84. The third-order valence-corrected chi connectivity index (χ3v) is 2.91. The summed E-state index contributed by atoms with van der Waals surface area (Å²) in [4.78, 5) is 3.93. The second-order valence-corrected chi connectivity index (χ2v) is 4.52. The van der Waals surface area contributed by atoms with Gasteiger partial charge in [0.2, 0.25) is 12.2 Å². The highest BCUT2D eigenvalue weighted by molar-refractivity contribution is 5.73. The Morgan fingerprint density at radius 1 is 1.18 bits per heavy atom. The van der Waals surface area contributed by atoms with Crippen LogP contribution in [0.2, 0.25) is 0 Å². The lowest BCUT2D eigenvalue weighted by atomic mass is 10.2. The number of anilines is 2. The molecule has 1 N–H and O–H groups in total. The molecule has 2 aromatic heterocycles. The van der Waals surface area contributed by atoms with Gasteiger partial charge in [-0.2, -0.15) is 23.3 Å². The molecule has 0 aliphatic rings. The quantitative estimate of drug-likeness (QED) is 0.804. The van der Waals surface area contributed by atoms with Crippen molar-refractivity contribution in [2.45, 2.75) is 6.18 Å². The largest absolute Gasteiger partial charge is 0.416 e. The monoisotopic (exact) mass is 309 g/mol. The van der Waals surface area contributed by atoms with Crippen molar-refractivity contribution in [2.75, 3.05) is 5.32 Å². The molecule has 0 radical (unpaired) electrons. The van der Waals surface area contributed by atoms with E-state index >= 15 is 0 Å². The Morgan fingerprint density at radius 2 is 1.91 bits per heavy atom. The highest BCUT2D eigenvalue weighted by Gasteiger charge is 2.30. The van der Waals surface area contributed by atoms with Gasteiger partial charge in [0.15, 0.2) is 5.82 Å². The maximum atomic E-state index is 12.5. The summed E-state index contributed by atoms with van der Waals surface area (Å²) in [6.45, 7) is 0. The topological polar surface area (TPSA) is 68.8 Å². The Morgan fingerprint density at radius 3 is 2.50 bits per heavy atom. The average molecular weight is 309 g/mol. The second-order valence-electron chi connectivity index (χ2n) is 4.52. The van der Waals surface area contributed by atoms with Gasteiger partial charge in [-0.05, 0) is 24.3 Å². The summed E-state index contributed by atoms with van der Waals surface area (Å²) in [7, 11) is 1.71. The number of nitrogens with one attached hydrogen (secondary N) is 1. The van der Waals surface area contributed by atoms with Gasteiger partial charge < -0.3 is 9.84 Å². The Balaban J connectivity index is 1.88. The van der Waals surface area contributed by atoms with Crippen LogP contribution in [0, 0.1) is 0 Å². The number of nitrogens with zero attached hydrogens (tertiary/aromatic N) is 4. The highest BCUT2D eigenvalue weighted by Crippen LogP contribution is 2.31. The van der Waals surface area contributed by atoms with E-state index in [9.17, 15) is 13.2 Å². The summed E-state index contributed by atoms with van der Waals surface area (Å²) in [5.74, 6) is 0.756. The van der Waals surface area contributed by atoms with E-state index in [-0.39, 0.29) is 0 Å². The number of aromatic nitrogens is 4. The molecule has 6 nitrogen and oxygen atoms in total. The first-order valence-corrected chi connectivity index (χ1v) is 6.18. The fourth-order valence-electron chi connectivity index (χ4n) is 1.91. The number of alkyl halides is 3. The van der Waals surface area contributed by atoms with Gasteiger partial charge in [0, 0.05) is 18.9 Å². The van der Waals surface area contributed by atoms with Crippen LogP contribution in [-0.4, -0.2) is 19.9 Å². The summed E-state index contributed by atoms with van der Waals surface area (Å²) < 4.78 is 43.8. The van der Waals surface area contributed by atoms with Crippen LogP contribution in [0.1, 0.15) is 5.56 Å². The van der Waals surface area contributed by atoms with Crippen molar-refractivity contribution in [2.24, 2.45) is 7.05 Å². The zero-order valence-corrected chi connectivity index (χ0v) is 11.3. The summed E-state index contributed by atoms with van der Waals surface area (Å²) in [6, 6.07) is 4.66. The van der Waals surface area contributed by atoms with Crippen LogP contribution in [0.3, 0.4) is 0 Å². The van der Waals surface area contributed by atoms with E-state index in [0.29, 0.717) is 22.9 Å². The van der Waals surface area contributed by atoms with Crippen LogP contribution >= 0.6 is 0 Å². The van der Waals surface area contributed by atoms with E-state index in [0.717, 1.165) is 12.1 Å². The Bertz CT molecular complexity index is 762. The number of hydrogen-bond donors (Lipinski definition) is 1. The molecule has 2 heterocycles. The molecule has 0 saturated heterocycles. The van der Waals surface area contributed by atoms with Gasteiger partial charge in [-0.25, -0.2) is 0 Å². The van der Waals surface area contributed by atoms with Crippen LogP contribution in [0.15, 0.2) is 41.4 Å². The van der Waals surface area contributed by atoms with E-state index in [1.54, 1.807) is 13.2 Å². The number of hydrogen-bond acceptors (Lipinski definition) is 5. The normalized spacial score (nSPS) is 11.6. The van der Waals surface area contributed by atoms with Crippen molar-refractivity contribution < 1.29 is 17.7 Å². The molecule has 0 spiro atoms. The molecule has 0 atom stereocenters. The molecule has 0 aliphatic heterocycles. The molecular weight excluding hydrogens is 299 g/mol. The molecule has 0 bridgehead atoms. The van der Waals surface area contributed by atoms with Crippen molar-refractivity contribution in [3.63, 3.8) is 0 Å². The zero-order chi connectivity index (χ0) is 15.7. The summed E-state index contributed by atoms with van der Waals surface area (Å²) in [5.41, 5.74) is 0.338. The van der Waals surface area contributed by atoms with Crippen LogP contribution in [0.4, 0.5) is 24.7 Å². The molecule has 3 aromatic rings. The second kappa shape index (κ2) is 5.17. The summed E-state index contributed by atoms with van der Waals surface area (Å²) in [6.07, 6.45) is -1.50. The molecule has 0 amide bonds. The zero-order valence-electron chi connectivity index (χ0n) is 11.3. The predicted octanol–water partition coefficient (Wildman–Crippen LogP) is 3.23. The lowest BCUT2D eigenvalue weighted by Gasteiger charge is -2.08. The Kier molecular flexibility index (Phi) is 3.32. The third kappa shape index (κ3) is 2.78. The van der Waals surface area contributed by atoms with Gasteiger partial charge in [0.05, 0.1) is 11.1 Å². The number of halogens is 3. The predicted molar refractivity (Wildman–Crippen MR) is 71.2 cm³/mol. The van der Waals surface area contributed by atoms with Gasteiger partial charge in [0.1, 0.15) is 0 Å². The minimum absolute atomic E-state index is 0.336. The van der Waals surface area contributed by atoms with Gasteiger partial charge in [-0.3, -0.25) is 4.68 Å². The molecule has 9 heteroatoms. The lowest BCUT2D eigenvalue weighted by molar-refractivity contribution is -0.137. The van der Waals surface area contributed by atoms with Crippen molar-refractivity contribution in [3.05, 3.63) is 42.4 Å². The minimum Gasteiger partial charge on any atom is -0.342 e. The fraction of sp³-hybridized carbons (Fsp3) is 0.154. The average Bonchev–Trinajstić information content (AvgIpc) is 3.08. The van der Waals surface area contributed by atoms with Crippen molar-refractivity contribution in [3.8, 4) is 11.4 Å². The molecule has 0 saturated carbocycles. The van der Waals surface area contributed by atoms with E-state index in [2.05, 4.69) is 25.1 Å². The standard InChI is InChI=1S/C13H10F3N5O/c1-21-6-10(11-17-7-22-20-11)12(19-21)18-9-4-2-8(3-5-9)13(14,15)16/h2-7H,1H3,(H,18,19). The van der Waals surface area contributed by atoms with Crippen LogP contribution in [0.5, 0.6) is 0 Å². The van der Waals surface area contributed by atoms with E-state index in [1.807, 2.05) is 0 Å². The van der Waals surface area contributed by atoms with Crippen molar-refractivity contribution in [1.82, 2.24) is 19.9 Å². The molecule has 22 heavy (non-hydrogen) atoms. The summed E-state index contributed by atoms with van der Waals surface area (Å²) >= 11 is 0. The first-order valence-electron chi connectivity index (χ1n) is 6.18. The van der Waals surface area contributed by atoms with Crippen LogP contribution in [0.25, 0.3) is 11.4 Å². The maximum absolute atomic E-state index is 12.5. The first kappa shape index (κ1) is 14.1. The molecular formula is C13H10F3N5O. The van der Waals surface area contributed by atoms with E-state index in [4.69, 9.17) is 0 Å². The highest BCUT2D eigenvalue weighted by atomic mass is 19.4. The SMILES string of the molecule is Cn1cc(-c2ncon2)c(Nc2ccc(C(F)(F)F)cc2)n1. The molecule has 0 unspecified atom stereocenters. The molecule has 114 valence electrons. The van der Waals surface area contributed by atoms with E-state index in [1.165, 1.54) is 23.2 Å². The Labute approximate surface area is 122 Å². The molecule has 0 fully saturated rings. The molecule has 0 aliphatic carbocycles. The first-order chi connectivity index (χ1) is 10.4. The van der Waals surface area contributed by atoms with Crippen LogP contribution < -0.4 is 5.32 Å². The minimum atomic E-state index is -4.36. The molecule has 1 aromatic carbocycles. The number of benzene rings is 1. The lowest BCUT2D eigenvalue weighted by Crippen LogP contribution is -2.04. The van der Waals surface area contributed by atoms with Crippen molar-refractivity contribution in [1.29, 1.82) is 0 Å². The number of rotatable bonds is 3. The smallest absolute Gasteiger partial charge is 0.342 e. The van der Waals surface area contributed by atoms with Crippen LogP contribution in [-0.2, 0) is 13.2 Å². The van der Waals surface area contributed by atoms with Gasteiger partial charge in [0.25, 0.3) is 0 Å². The van der Waals surface area contributed by atoms with Crippen molar-refractivity contribution >= 4 is 11.5 Å². The summed E-state index contributed by atoms with van der Waals surface area (Å²) in [5, 5.41) is 10.9.